The number of benzene rings is 1. The number of hydrogen-bond donors (Lipinski definition) is 1. The summed E-state index contributed by atoms with van der Waals surface area (Å²) in [6, 6.07) is 4.85. The summed E-state index contributed by atoms with van der Waals surface area (Å²) in [4.78, 5) is 22.6. The second kappa shape index (κ2) is 7.42. The molecule has 7 heteroatoms. The van der Waals surface area contributed by atoms with Gasteiger partial charge in [-0.2, -0.15) is 0 Å². The molecule has 2 aromatic rings. The number of aromatic nitrogens is 2. The van der Waals surface area contributed by atoms with Crippen LogP contribution in [0.3, 0.4) is 0 Å². The molecule has 1 heterocycles. The quantitative estimate of drug-likeness (QED) is 0.898. The summed E-state index contributed by atoms with van der Waals surface area (Å²) in [5, 5.41) is 3.56. The third-order valence-electron chi connectivity index (χ3n) is 3.14. The third kappa shape index (κ3) is 3.87. The predicted molar refractivity (Wildman–Crippen MR) is 90.0 cm³/mol. The lowest BCUT2D eigenvalue weighted by Crippen LogP contribution is -2.23. The highest BCUT2D eigenvalue weighted by molar-refractivity contribution is 6.36. The molecule has 5 nitrogen and oxygen atoms in total. The van der Waals surface area contributed by atoms with E-state index in [1.165, 1.54) is 6.20 Å². The summed E-state index contributed by atoms with van der Waals surface area (Å²) in [6.07, 6.45) is 3.04. The molecule has 1 aromatic carbocycles. The first-order valence-corrected chi connectivity index (χ1v) is 7.64. The van der Waals surface area contributed by atoms with E-state index in [4.69, 9.17) is 23.2 Å². The van der Waals surface area contributed by atoms with Crippen LogP contribution in [0.1, 0.15) is 24.3 Å². The first-order valence-electron chi connectivity index (χ1n) is 6.88. The number of amides is 1. The van der Waals surface area contributed by atoms with E-state index in [1.807, 2.05) is 18.7 Å². The van der Waals surface area contributed by atoms with Crippen molar-refractivity contribution in [3.63, 3.8) is 0 Å². The van der Waals surface area contributed by atoms with Crippen molar-refractivity contribution in [3.8, 4) is 0 Å². The molecule has 0 aliphatic heterocycles. The largest absolute Gasteiger partial charge is 0.356 e. The van der Waals surface area contributed by atoms with Crippen LogP contribution in [0.25, 0.3) is 0 Å². The Labute approximate surface area is 139 Å². The molecule has 2 rings (SSSR count). The molecule has 0 unspecified atom stereocenters. The van der Waals surface area contributed by atoms with Gasteiger partial charge in [-0.25, -0.2) is 9.97 Å². The summed E-state index contributed by atoms with van der Waals surface area (Å²) >= 11 is 11.8. The number of anilines is 2. The van der Waals surface area contributed by atoms with Gasteiger partial charge < -0.3 is 10.2 Å². The van der Waals surface area contributed by atoms with E-state index in [0.29, 0.717) is 15.7 Å². The zero-order valence-electron chi connectivity index (χ0n) is 12.3. The minimum Gasteiger partial charge on any atom is -0.356 e. The summed E-state index contributed by atoms with van der Waals surface area (Å²) in [5.41, 5.74) is 0.701. The molecule has 22 heavy (non-hydrogen) atoms. The Hall–Kier alpha value is -1.85. The van der Waals surface area contributed by atoms with Crippen LogP contribution in [0.4, 0.5) is 11.5 Å². The Kier molecular flexibility index (Phi) is 5.57. The van der Waals surface area contributed by atoms with Gasteiger partial charge in [0.15, 0.2) is 0 Å². The molecular weight excluding hydrogens is 323 g/mol. The summed E-state index contributed by atoms with van der Waals surface area (Å²) in [5.74, 6) is 0.369. The highest BCUT2D eigenvalue weighted by atomic mass is 35.5. The van der Waals surface area contributed by atoms with Crippen molar-refractivity contribution in [2.75, 3.05) is 23.3 Å². The SMILES string of the molecule is CCN(CC)c1cnc(C(=O)Nc2ccc(Cl)cc2Cl)cn1. The predicted octanol–water partition coefficient (Wildman–Crippen LogP) is 3.88. The van der Waals surface area contributed by atoms with Crippen LogP contribution in [0, 0.1) is 0 Å². The fraction of sp³-hybridized carbons (Fsp3) is 0.267. The number of hydrogen-bond acceptors (Lipinski definition) is 4. The van der Waals surface area contributed by atoms with E-state index in [2.05, 4.69) is 15.3 Å². The highest BCUT2D eigenvalue weighted by Crippen LogP contribution is 2.25. The minimum absolute atomic E-state index is 0.224. The number of nitrogens with zero attached hydrogens (tertiary/aromatic N) is 3. The molecule has 1 amide bonds. The lowest BCUT2D eigenvalue weighted by molar-refractivity contribution is 0.102. The molecule has 0 spiro atoms. The van der Waals surface area contributed by atoms with E-state index < -0.39 is 0 Å². The zero-order valence-corrected chi connectivity index (χ0v) is 13.8. The van der Waals surface area contributed by atoms with Gasteiger partial charge in [0.1, 0.15) is 11.5 Å². The Bertz CT molecular complexity index is 657. The second-order valence-electron chi connectivity index (χ2n) is 4.51. The van der Waals surface area contributed by atoms with Gasteiger partial charge in [-0.1, -0.05) is 23.2 Å². The first kappa shape index (κ1) is 16.5. The first-order chi connectivity index (χ1) is 10.5. The average Bonchev–Trinajstić information content (AvgIpc) is 2.52. The normalized spacial score (nSPS) is 10.4. The van der Waals surface area contributed by atoms with Crippen LogP contribution in [-0.4, -0.2) is 29.0 Å². The number of rotatable bonds is 5. The molecule has 0 radical (unpaired) electrons. The number of nitrogens with one attached hydrogen (secondary N) is 1. The van der Waals surface area contributed by atoms with Gasteiger partial charge in [-0.05, 0) is 32.0 Å². The fourth-order valence-corrected chi connectivity index (χ4v) is 2.38. The monoisotopic (exact) mass is 338 g/mol. The number of halogens is 2. The molecule has 1 N–H and O–H groups in total. The number of carbonyl (C=O) groups is 1. The molecule has 0 aliphatic carbocycles. The van der Waals surface area contributed by atoms with E-state index in [1.54, 1.807) is 24.4 Å². The maximum atomic E-state index is 12.2. The van der Waals surface area contributed by atoms with Crippen molar-refractivity contribution in [1.82, 2.24) is 9.97 Å². The Balaban J connectivity index is 2.13. The summed E-state index contributed by atoms with van der Waals surface area (Å²) in [6.45, 7) is 5.73. The van der Waals surface area contributed by atoms with Gasteiger partial charge in [0, 0.05) is 18.1 Å². The van der Waals surface area contributed by atoms with Crippen LogP contribution >= 0.6 is 23.2 Å². The zero-order chi connectivity index (χ0) is 16.1. The summed E-state index contributed by atoms with van der Waals surface area (Å²) in [7, 11) is 0. The Morgan fingerprint density at radius 2 is 1.91 bits per heavy atom. The minimum atomic E-state index is -0.372. The smallest absolute Gasteiger partial charge is 0.275 e. The van der Waals surface area contributed by atoms with Crippen molar-refractivity contribution >= 4 is 40.6 Å². The van der Waals surface area contributed by atoms with E-state index in [-0.39, 0.29) is 11.6 Å². The Morgan fingerprint density at radius 3 is 2.45 bits per heavy atom. The molecule has 0 atom stereocenters. The topological polar surface area (TPSA) is 58.1 Å². The maximum Gasteiger partial charge on any atom is 0.275 e. The van der Waals surface area contributed by atoms with Gasteiger partial charge in [-0.15, -0.1) is 0 Å². The van der Waals surface area contributed by atoms with Crippen molar-refractivity contribution in [2.45, 2.75) is 13.8 Å². The van der Waals surface area contributed by atoms with Crippen molar-refractivity contribution in [2.24, 2.45) is 0 Å². The molecule has 0 bridgehead atoms. The molecule has 0 saturated carbocycles. The van der Waals surface area contributed by atoms with E-state index >= 15 is 0 Å². The van der Waals surface area contributed by atoms with Crippen molar-refractivity contribution in [3.05, 3.63) is 46.3 Å². The number of carbonyl (C=O) groups excluding carboxylic acids is 1. The van der Waals surface area contributed by atoms with Gasteiger partial charge in [-0.3, -0.25) is 4.79 Å². The average molecular weight is 339 g/mol. The van der Waals surface area contributed by atoms with Gasteiger partial charge in [0.2, 0.25) is 0 Å². The van der Waals surface area contributed by atoms with Gasteiger partial charge in [0.25, 0.3) is 5.91 Å². The van der Waals surface area contributed by atoms with Gasteiger partial charge in [0.05, 0.1) is 23.1 Å². The fourth-order valence-electron chi connectivity index (χ4n) is 1.93. The summed E-state index contributed by atoms with van der Waals surface area (Å²) < 4.78 is 0. The highest BCUT2D eigenvalue weighted by Gasteiger charge is 2.12. The van der Waals surface area contributed by atoms with Crippen LogP contribution in [0.15, 0.2) is 30.6 Å². The second-order valence-corrected chi connectivity index (χ2v) is 5.35. The lowest BCUT2D eigenvalue weighted by atomic mass is 10.3. The standard InChI is InChI=1S/C15H16Cl2N4O/c1-3-21(4-2)14-9-18-13(8-19-14)15(22)20-12-6-5-10(16)7-11(12)17/h5-9H,3-4H2,1-2H3,(H,20,22). The van der Waals surface area contributed by atoms with Crippen LogP contribution in [-0.2, 0) is 0 Å². The lowest BCUT2D eigenvalue weighted by Gasteiger charge is -2.19. The molecule has 116 valence electrons. The molecule has 1 aromatic heterocycles. The maximum absolute atomic E-state index is 12.2. The molecule has 0 aliphatic rings. The van der Waals surface area contributed by atoms with Crippen LogP contribution in [0.5, 0.6) is 0 Å². The Morgan fingerprint density at radius 1 is 1.18 bits per heavy atom. The third-order valence-corrected chi connectivity index (χ3v) is 3.69. The molecular formula is C15H16Cl2N4O. The van der Waals surface area contributed by atoms with E-state index in [9.17, 15) is 4.79 Å². The van der Waals surface area contributed by atoms with Gasteiger partial charge >= 0.3 is 0 Å². The van der Waals surface area contributed by atoms with Crippen molar-refractivity contribution < 1.29 is 4.79 Å². The van der Waals surface area contributed by atoms with Crippen LogP contribution < -0.4 is 10.2 Å². The molecule has 0 saturated heterocycles. The molecule has 0 fully saturated rings. The van der Waals surface area contributed by atoms with E-state index in [0.717, 1.165) is 18.9 Å². The van der Waals surface area contributed by atoms with Crippen molar-refractivity contribution in [1.29, 1.82) is 0 Å². The van der Waals surface area contributed by atoms with Crippen LogP contribution in [0.2, 0.25) is 10.0 Å².